The molecule has 1 amide bonds. The number of benzene rings is 1. The molecule has 0 radical (unpaired) electrons. The molecular weight excluding hydrogens is 370 g/mol. The van der Waals surface area contributed by atoms with Gasteiger partial charge < -0.3 is 10.2 Å². The largest absolute Gasteiger partial charge is 0.346 e. The maximum Gasteiger partial charge on any atom is 0.275 e. The molecule has 0 spiro atoms. The van der Waals surface area contributed by atoms with Gasteiger partial charge >= 0.3 is 0 Å². The third-order valence-electron chi connectivity index (χ3n) is 3.88. The summed E-state index contributed by atoms with van der Waals surface area (Å²) >= 11 is 7.63. The topological polar surface area (TPSA) is 80.6 Å². The van der Waals surface area contributed by atoms with Gasteiger partial charge in [-0.3, -0.25) is 4.79 Å². The van der Waals surface area contributed by atoms with Gasteiger partial charge in [0.25, 0.3) is 5.91 Å². The van der Waals surface area contributed by atoms with Gasteiger partial charge in [-0.1, -0.05) is 12.1 Å². The molecule has 0 aliphatic carbocycles. The highest BCUT2D eigenvalue weighted by molar-refractivity contribution is 7.91. The van der Waals surface area contributed by atoms with Crippen molar-refractivity contribution in [2.45, 2.75) is 18.0 Å². The first-order valence-electron chi connectivity index (χ1n) is 7.62. The van der Waals surface area contributed by atoms with Crippen LogP contribution >= 0.6 is 22.9 Å². The number of nitrogens with zero attached hydrogens (tertiary/aromatic N) is 1. The summed E-state index contributed by atoms with van der Waals surface area (Å²) in [7, 11) is -1.23. The van der Waals surface area contributed by atoms with Crippen molar-refractivity contribution in [3.05, 3.63) is 29.3 Å². The molecule has 2 N–H and O–H groups in total. The number of alkyl halides is 1. The summed E-state index contributed by atoms with van der Waals surface area (Å²) in [5.74, 6) is -0.348. The number of nitrogens with one attached hydrogen (secondary N) is 2. The second-order valence-corrected chi connectivity index (χ2v) is 9.98. The lowest BCUT2D eigenvalue weighted by Gasteiger charge is -2.16. The number of amides is 1. The fourth-order valence-corrected chi connectivity index (χ4v) is 6.42. The first-order chi connectivity index (χ1) is 11.3. The van der Waals surface area contributed by atoms with E-state index in [1.165, 1.54) is 0 Å². The van der Waals surface area contributed by atoms with Crippen molar-refractivity contribution in [3.63, 3.8) is 0 Å². The molecule has 2 aromatic rings. The number of quaternary nitrogens is 1. The highest BCUT2D eigenvalue weighted by Crippen LogP contribution is 2.20. The molecule has 1 aliphatic heterocycles. The third kappa shape index (κ3) is 4.24. The Labute approximate surface area is 149 Å². The smallest absolute Gasteiger partial charge is 0.275 e. The van der Waals surface area contributed by atoms with E-state index < -0.39 is 21.3 Å². The summed E-state index contributed by atoms with van der Waals surface area (Å²) in [5.41, 5.74) is 0.968. The van der Waals surface area contributed by atoms with E-state index >= 15 is 0 Å². The van der Waals surface area contributed by atoms with Crippen molar-refractivity contribution >= 4 is 48.9 Å². The molecule has 3 atom stereocenters. The highest BCUT2D eigenvalue weighted by Gasteiger charge is 2.37. The average molecular weight is 389 g/mol. The molecule has 1 saturated heterocycles. The van der Waals surface area contributed by atoms with Crippen molar-refractivity contribution in [2.24, 2.45) is 0 Å². The molecule has 1 aromatic carbocycles. The average Bonchev–Trinajstić information content (AvgIpc) is 2.97. The lowest BCUT2D eigenvalue weighted by Crippen LogP contribution is -3.09. The van der Waals surface area contributed by atoms with Crippen LogP contribution in [0.2, 0.25) is 0 Å². The van der Waals surface area contributed by atoms with E-state index in [1.807, 2.05) is 31.3 Å². The molecular formula is C15H19ClN3O3S2+. The van der Waals surface area contributed by atoms with E-state index in [9.17, 15) is 13.2 Å². The molecule has 3 rings (SSSR count). The number of sulfone groups is 1. The zero-order chi connectivity index (χ0) is 17.3. The molecule has 6 nitrogen and oxygen atoms in total. The molecule has 0 bridgehead atoms. The van der Waals surface area contributed by atoms with Crippen LogP contribution in [0.4, 0.5) is 0 Å². The highest BCUT2D eigenvalue weighted by atomic mass is 35.5. The zero-order valence-corrected chi connectivity index (χ0v) is 15.5. The second kappa shape index (κ2) is 6.95. The SMILES string of the molecule is C[NH+](CC(=O)N[C@H]1CS(=O)(=O)C[C@@H]1Cl)Cc1nc2ccccc2s1. The lowest BCUT2D eigenvalue weighted by molar-refractivity contribution is -0.885. The Kier molecular flexibility index (Phi) is 5.10. The number of hydrogen-bond donors (Lipinski definition) is 2. The molecule has 9 heteroatoms. The minimum Gasteiger partial charge on any atom is -0.346 e. The Hall–Kier alpha value is -1.22. The maximum absolute atomic E-state index is 12.1. The van der Waals surface area contributed by atoms with Crippen molar-refractivity contribution < 1.29 is 18.1 Å². The fourth-order valence-electron chi connectivity index (χ4n) is 2.78. The Morgan fingerprint density at radius 1 is 1.42 bits per heavy atom. The number of hydrogen-bond acceptors (Lipinski definition) is 5. The summed E-state index contributed by atoms with van der Waals surface area (Å²) in [4.78, 5) is 17.7. The number of likely N-dealkylation sites (N-methyl/N-ethyl adjacent to an activating group) is 1. The van der Waals surface area contributed by atoms with Crippen molar-refractivity contribution in [3.8, 4) is 0 Å². The van der Waals surface area contributed by atoms with E-state index in [0.717, 1.165) is 20.1 Å². The van der Waals surface area contributed by atoms with Crippen LogP contribution in [0.5, 0.6) is 0 Å². The van der Waals surface area contributed by atoms with Gasteiger partial charge in [-0.2, -0.15) is 0 Å². The van der Waals surface area contributed by atoms with Gasteiger partial charge in [-0.05, 0) is 12.1 Å². The Bertz CT molecular complexity index is 820. The first kappa shape index (κ1) is 17.6. The van der Waals surface area contributed by atoms with E-state index in [-0.39, 0.29) is 24.0 Å². The van der Waals surface area contributed by atoms with E-state index in [4.69, 9.17) is 11.6 Å². The van der Waals surface area contributed by atoms with Crippen LogP contribution in [-0.4, -0.2) is 55.8 Å². The molecule has 1 unspecified atom stereocenters. The van der Waals surface area contributed by atoms with Gasteiger partial charge in [-0.25, -0.2) is 13.4 Å². The zero-order valence-electron chi connectivity index (χ0n) is 13.2. The van der Waals surface area contributed by atoms with Crippen molar-refractivity contribution in [1.29, 1.82) is 0 Å². The second-order valence-electron chi connectivity index (χ2n) is 6.15. The monoisotopic (exact) mass is 388 g/mol. The normalized spacial score (nSPS) is 24.1. The number of carbonyl (C=O) groups is 1. The quantitative estimate of drug-likeness (QED) is 0.697. The summed E-state index contributed by atoms with van der Waals surface area (Å²) in [5, 5.41) is 3.16. The summed E-state index contributed by atoms with van der Waals surface area (Å²) in [6.45, 7) is 0.885. The molecule has 24 heavy (non-hydrogen) atoms. The number of halogens is 1. The molecule has 130 valence electrons. The minimum absolute atomic E-state index is 0.0755. The Morgan fingerprint density at radius 3 is 2.83 bits per heavy atom. The van der Waals surface area contributed by atoms with Gasteiger partial charge in [0.15, 0.2) is 16.4 Å². The number of rotatable bonds is 5. The van der Waals surface area contributed by atoms with Gasteiger partial charge in [-0.15, -0.1) is 22.9 Å². The van der Waals surface area contributed by atoms with Gasteiger partial charge in [0.2, 0.25) is 0 Å². The standard InChI is InChI=1S/C15H18ClN3O3S2/c1-19(7-15-18-11-4-2-3-5-13(11)23-15)6-14(20)17-12-9-24(21,22)8-10(12)16/h2-5,10,12H,6-9H2,1H3,(H,17,20)/p+1/t10-,12-/m0/s1. The third-order valence-corrected chi connectivity index (χ3v) is 7.29. The number of thiazole rings is 1. The Morgan fingerprint density at radius 2 is 2.17 bits per heavy atom. The van der Waals surface area contributed by atoms with Gasteiger partial charge in [0.05, 0.1) is 40.2 Å². The lowest BCUT2D eigenvalue weighted by atomic mass is 10.2. The van der Waals surface area contributed by atoms with Gasteiger partial charge in [0.1, 0.15) is 11.6 Å². The summed E-state index contributed by atoms with van der Waals surface area (Å²) in [6, 6.07) is 7.43. The summed E-state index contributed by atoms with van der Waals surface area (Å²) in [6.07, 6.45) is 0. The Balaban J connectivity index is 1.54. The number of carbonyl (C=O) groups excluding carboxylic acids is 1. The van der Waals surface area contributed by atoms with Crippen LogP contribution < -0.4 is 10.2 Å². The molecule has 1 aliphatic rings. The van der Waals surface area contributed by atoms with E-state index in [1.54, 1.807) is 11.3 Å². The predicted octanol–water partition coefficient (Wildman–Crippen LogP) is -0.168. The van der Waals surface area contributed by atoms with Gasteiger partial charge in [0, 0.05) is 0 Å². The van der Waals surface area contributed by atoms with Crippen LogP contribution in [0.3, 0.4) is 0 Å². The van der Waals surface area contributed by atoms with Crippen LogP contribution in [0.1, 0.15) is 5.01 Å². The minimum atomic E-state index is -3.14. The van der Waals surface area contributed by atoms with Crippen LogP contribution in [0.25, 0.3) is 10.2 Å². The van der Waals surface area contributed by atoms with E-state index in [2.05, 4.69) is 10.3 Å². The first-order valence-corrected chi connectivity index (χ1v) is 10.7. The molecule has 0 saturated carbocycles. The van der Waals surface area contributed by atoms with Crippen LogP contribution in [0, 0.1) is 0 Å². The number of fused-ring (bicyclic) bond motifs is 1. The van der Waals surface area contributed by atoms with Crippen molar-refractivity contribution in [1.82, 2.24) is 10.3 Å². The maximum atomic E-state index is 12.1. The molecule has 1 aromatic heterocycles. The fraction of sp³-hybridized carbons (Fsp3) is 0.467. The predicted molar refractivity (Wildman–Crippen MR) is 95.3 cm³/mol. The van der Waals surface area contributed by atoms with E-state index in [0.29, 0.717) is 6.54 Å². The molecule has 2 heterocycles. The summed E-state index contributed by atoms with van der Waals surface area (Å²) < 4.78 is 24.2. The van der Waals surface area contributed by atoms with Crippen LogP contribution in [-0.2, 0) is 21.2 Å². The molecule has 1 fully saturated rings. The number of aromatic nitrogens is 1. The van der Waals surface area contributed by atoms with Crippen LogP contribution in [0.15, 0.2) is 24.3 Å². The van der Waals surface area contributed by atoms with Crippen molar-refractivity contribution in [2.75, 3.05) is 25.1 Å². The number of para-hydroxylation sites is 1.